The summed E-state index contributed by atoms with van der Waals surface area (Å²) in [5.74, 6) is 0. The summed E-state index contributed by atoms with van der Waals surface area (Å²) in [4.78, 5) is 2.74. The molecule has 2 aliphatic rings. The van der Waals surface area contributed by atoms with E-state index >= 15 is 0 Å². The van der Waals surface area contributed by atoms with Crippen molar-refractivity contribution in [3.8, 4) is 0 Å². The Bertz CT molecular complexity index is 197. The Morgan fingerprint density at radius 3 is 2.93 bits per heavy atom. The van der Waals surface area contributed by atoms with E-state index < -0.39 is 0 Å². The van der Waals surface area contributed by atoms with Crippen LogP contribution in [0.4, 0.5) is 0 Å². The number of hydrogen-bond donors (Lipinski definition) is 1. The first-order valence-corrected chi connectivity index (χ1v) is 6.64. The van der Waals surface area contributed by atoms with Crippen LogP contribution >= 0.6 is 0 Å². The molecule has 2 atom stereocenters. The summed E-state index contributed by atoms with van der Waals surface area (Å²) in [7, 11) is 0. The van der Waals surface area contributed by atoms with Crippen LogP contribution in [0.15, 0.2) is 0 Å². The van der Waals surface area contributed by atoms with Crippen molar-refractivity contribution in [3.63, 3.8) is 0 Å². The van der Waals surface area contributed by atoms with Gasteiger partial charge in [-0.3, -0.25) is 0 Å². The van der Waals surface area contributed by atoms with E-state index in [0.29, 0.717) is 5.41 Å². The lowest BCUT2D eigenvalue weighted by atomic mass is 9.88. The average molecular weight is 210 g/mol. The first-order valence-electron chi connectivity index (χ1n) is 6.64. The van der Waals surface area contributed by atoms with Gasteiger partial charge in [0, 0.05) is 19.1 Å². The molecule has 0 aromatic rings. The van der Waals surface area contributed by atoms with Crippen molar-refractivity contribution in [1.82, 2.24) is 10.2 Å². The highest BCUT2D eigenvalue weighted by Gasteiger charge is 2.32. The third-order valence-electron chi connectivity index (χ3n) is 4.23. The maximum absolute atomic E-state index is 3.51. The zero-order valence-electron chi connectivity index (χ0n) is 10.4. The van der Waals surface area contributed by atoms with Gasteiger partial charge in [0.15, 0.2) is 0 Å². The molecule has 2 heterocycles. The second kappa shape index (κ2) is 4.84. The van der Waals surface area contributed by atoms with E-state index in [2.05, 4.69) is 24.1 Å². The topological polar surface area (TPSA) is 15.3 Å². The summed E-state index contributed by atoms with van der Waals surface area (Å²) in [6.45, 7) is 9.94. The van der Waals surface area contributed by atoms with Gasteiger partial charge in [0.05, 0.1) is 0 Å². The third kappa shape index (κ3) is 2.94. The fourth-order valence-electron chi connectivity index (χ4n) is 3.06. The minimum Gasteiger partial charge on any atom is -0.316 e. The molecule has 0 radical (unpaired) electrons. The number of rotatable bonds is 2. The normalized spacial score (nSPS) is 39.2. The van der Waals surface area contributed by atoms with Crippen LogP contribution in [0.3, 0.4) is 0 Å². The summed E-state index contributed by atoms with van der Waals surface area (Å²) in [5, 5.41) is 3.51. The second-order valence-corrected chi connectivity index (χ2v) is 5.91. The molecular weight excluding hydrogens is 184 g/mol. The number of nitrogens with zero attached hydrogens (tertiary/aromatic N) is 1. The summed E-state index contributed by atoms with van der Waals surface area (Å²) < 4.78 is 0. The standard InChI is InChI=1S/C13H26N2/c1-12-6-4-3-5-9-15(12)11-13(2)7-8-14-10-13/h12,14H,3-11H2,1-2H3. The van der Waals surface area contributed by atoms with Gasteiger partial charge in [-0.2, -0.15) is 0 Å². The highest BCUT2D eigenvalue weighted by atomic mass is 15.2. The molecule has 0 aromatic carbocycles. The molecular formula is C13H26N2. The zero-order chi connectivity index (χ0) is 10.7. The minimum absolute atomic E-state index is 0.540. The quantitative estimate of drug-likeness (QED) is 0.752. The van der Waals surface area contributed by atoms with Gasteiger partial charge in [-0.05, 0) is 44.7 Å². The predicted octanol–water partition coefficient (Wildman–Crippen LogP) is 2.25. The molecule has 0 bridgehead atoms. The summed E-state index contributed by atoms with van der Waals surface area (Å²) in [6, 6.07) is 0.810. The molecule has 2 heteroatoms. The summed E-state index contributed by atoms with van der Waals surface area (Å²) >= 11 is 0. The van der Waals surface area contributed by atoms with Crippen molar-refractivity contribution in [2.75, 3.05) is 26.2 Å². The van der Waals surface area contributed by atoms with Gasteiger partial charge >= 0.3 is 0 Å². The van der Waals surface area contributed by atoms with E-state index in [0.717, 1.165) is 6.04 Å². The van der Waals surface area contributed by atoms with Crippen molar-refractivity contribution >= 4 is 0 Å². The van der Waals surface area contributed by atoms with Crippen LogP contribution in [0.2, 0.25) is 0 Å². The Hall–Kier alpha value is -0.0800. The largest absolute Gasteiger partial charge is 0.316 e. The molecule has 15 heavy (non-hydrogen) atoms. The van der Waals surface area contributed by atoms with Crippen LogP contribution in [-0.2, 0) is 0 Å². The second-order valence-electron chi connectivity index (χ2n) is 5.91. The van der Waals surface area contributed by atoms with Crippen LogP contribution in [0.1, 0.15) is 46.0 Å². The molecule has 0 aliphatic carbocycles. The number of hydrogen-bond acceptors (Lipinski definition) is 2. The van der Waals surface area contributed by atoms with Crippen LogP contribution in [0.25, 0.3) is 0 Å². The molecule has 2 nitrogen and oxygen atoms in total. The van der Waals surface area contributed by atoms with Crippen LogP contribution < -0.4 is 5.32 Å². The first kappa shape index (κ1) is 11.4. The van der Waals surface area contributed by atoms with Crippen molar-refractivity contribution in [3.05, 3.63) is 0 Å². The Labute approximate surface area is 94.4 Å². The van der Waals surface area contributed by atoms with E-state index in [1.807, 2.05) is 0 Å². The maximum Gasteiger partial charge on any atom is 0.00671 e. The van der Waals surface area contributed by atoms with E-state index in [1.165, 1.54) is 58.3 Å². The SMILES string of the molecule is CC1CCCCCN1CC1(C)CCNC1. The Morgan fingerprint density at radius 1 is 1.33 bits per heavy atom. The molecule has 0 saturated carbocycles. The van der Waals surface area contributed by atoms with Gasteiger partial charge in [-0.25, -0.2) is 0 Å². The lowest BCUT2D eigenvalue weighted by Gasteiger charge is -2.35. The molecule has 2 saturated heterocycles. The van der Waals surface area contributed by atoms with Crippen LogP contribution in [0, 0.1) is 5.41 Å². The van der Waals surface area contributed by atoms with Crippen molar-refractivity contribution < 1.29 is 0 Å². The average Bonchev–Trinajstić information content (AvgIpc) is 2.53. The van der Waals surface area contributed by atoms with Crippen molar-refractivity contribution in [2.24, 2.45) is 5.41 Å². The fourth-order valence-corrected chi connectivity index (χ4v) is 3.06. The molecule has 0 spiro atoms. The molecule has 2 fully saturated rings. The zero-order valence-corrected chi connectivity index (χ0v) is 10.4. The summed E-state index contributed by atoms with van der Waals surface area (Å²) in [6.07, 6.45) is 7.05. The number of nitrogens with one attached hydrogen (secondary N) is 1. The molecule has 88 valence electrons. The van der Waals surface area contributed by atoms with Gasteiger partial charge in [0.1, 0.15) is 0 Å². The van der Waals surface area contributed by atoms with Crippen LogP contribution in [0.5, 0.6) is 0 Å². The Balaban J connectivity index is 1.90. The predicted molar refractivity (Wildman–Crippen MR) is 65.1 cm³/mol. The van der Waals surface area contributed by atoms with E-state index in [9.17, 15) is 0 Å². The summed E-state index contributed by atoms with van der Waals surface area (Å²) in [5.41, 5.74) is 0.540. The fraction of sp³-hybridized carbons (Fsp3) is 1.00. The van der Waals surface area contributed by atoms with Gasteiger partial charge in [0.2, 0.25) is 0 Å². The smallest absolute Gasteiger partial charge is 0.00671 e. The maximum atomic E-state index is 3.51. The Kier molecular flexibility index (Phi) is 3.68. The molecule has 2 aliphatic heterocycles. The van der Waals surface area contributed by atoms with Gasteiger partial charge in [-0.15, -0.1) is 0 Å². The van der Waals surface area contributed by atoms with E-state index in [1.54, 1.807) is 0 Å². The van der Waals surface area contributed by atoms with Gasteiger partial charge in [0.25, 0.3) is 0 Å². The molecule has 0 aromatic heterocycles. The third-order valence-corrected chi connectivity index (χ3v) is 4.23. The lowest BCUT2D eigenvalue weighted by molar-refractivity contribution is 0.139. The monoisotopic (exact) mass is 210 g/mol. The van der Waals surface area contributed by atoms with E-state index in [-0.39, 0.29) is 0 Å². The molecule has 2 unspecified atom stereocenters. The molecule has 2 rings (SSSR count). The molecule has 0 amide bonds. The minimum atomic E-state index is 0.540. The van der Waals surface area contributed by atoms with Gasteiger partial charge in [-0.1, -0.05) is 19.8 Å². The highest BCUT2D eigenvalue weighted by molar-refractivity contribution is 4.88. The molecule has 1 N–H and O–H groups in total. The Morgan fingerprint density at radius 2 is 2.20 bits per heavy atom. The van der Waals surface area contributed by atoms with Gasteiger partial charge < -0.3 is 10.2 Å². The first-order chi connectivity index (χ1) is 7.20. The number of likely N-dealkylation sites (tertiary alicyclic amines) is 1. The highest BCUT2D eigenvalue weighted by Crippen LogP contribution is 2.28. The van der Waals surface area contributed by atoms with Crippen LogP contribution in [-0.4, -0.2) is 37.1 Å². The lowest BCUT2D eigenvalue weighted by Crippen LogP contribution is -2.42. The van der Waals surface area contributed by atoms with Crippen molar-refractivity contribution in [1.29, 1.82) is 0 Å². The van der Waals surface area contributed by atoms with E-state index in [4.69, 9.17) is 0 Å². The van der Waals surface area contributed by atoms with Crippen molar-refractivity contribution in [2.45, 2.75) is 52.0 Å².